The Morgan fingerprint density at radius 2 is 0.440 bits per heavy atom. The van der Waals surface area contributed by atoms with Crippen molar-refractivity contribution >= 4 is 51.2 Å². The molecule has 0 spiro atoms. The van der Waals surface area contributed by atoms with Gasteiger partial charge in [-0.15, -0.1) is 0 Å². The highest BCUT2D eigenvalue weighted by Gasteiger charge is 2.23. The van der Waals surface area contributed by atoms with E-state index in [9.17, 15) is 0 Å². The summed E-state index contributed by atoms with van der Waals surface area (Å²) < 4.78 is 0. The largest absolute Gasteiger partial charge is 0.310 e. The second-order valence-corrected chi connectivity index (χ2v) is 22.9. The Morgan fingerprint density at radius 1 is 0.226 bits per heavy atom. The maximum absolute atomic E-state index is 2.53. The van der Waals surface area contributed by atoms with Crippen LogP contribution in [0.4, 0.5) is 51.2 Å². The number of anilines is 9. The number of unbranched alkanes of at least 4 members (excludes halogenated alkanes) is 5. The monoisotopic (exact) mass is 1100 g/mol. The first-order valence-electron chi connectivity index (χ1n) is 31.7. The van der Waals surface area contributed by atoms with Gasteiger partial charge >= 0.3 is 0 Å². The number of rotatable bonds is 27. The molecule has 3 nitrogen and oxygen atoms in total. The smallest absolute Gasteiger partial charge is 0.0493 e. The van der Waals surface area contributed by atoms with Crippen LogP contribution in [-0.4, -0.2) is 0 Å². The molecule has 0 saturated heterocycles. The molecule has 0 unspecified atom stereocenters. The Balaban J connectivity index is 1.10. The lowest BCUT2D eigenvalue weighted by atomic mass is 9.92. The van der Waals surface area contributed by atoms with Gasteiger partial charge in [0.2, 0.25) is 0 Å². The van der Waals surface area contributed by atoms with Crippen molar-refractivity contribution in [2.45, 2.75) is 138 Å². The predicted octanol–water partition coefficient (Wildman–Crippen LogP) is 24.1. The van der Waals surface area contributed by atoms with Crippen LogP contribution >= 0.6 is 0 Å². The zero-order chi connectivity index (χ0) is 58.0. The molecule has 0 aliphatic carbocycles. The minimum Gasteiger partial charge on any atom is -0.310 e. The van der Waals surface area contributed by atoms with E-state index in [1.54, 1.807) is 0 Å². The SMILES string of the molecule is CCCCc1ccccc1N(c1ccc(-c2cc(-c3ccc(N(c4ccccc4CCCC)c4ccccc4CCCC)cc3)cc(-c3ccc(N(c4ccccc4CCCC)c4ccccc4CCCC)cc3)c2)cc1)c1ccccc1C. The van der Waals surface area contributed by atoms with Gasteiger partial charge in [-0.3, -0.25) is 0 Å². The molecule has 3 heteroatoms. The van der Waals surface area contributed by atoms with E-state index in [1.807, 2.05) is 0 Å². The molecule has 0 radical (unpaired) electrons. The third-order valence-corrected chi connectivity index (χ3v) is 16.8. The molecule has 0 saturated carbocycles. The van der Waals surface area contributed by atoms with Crippen LogP contribution in [0.2, 0.25) is 0 Å². The molecule has 10 rings (SSSR count). The molecule has 0 heterocycles. The summed E-state index contributed by atoms with van der Waals surface area (Å²) in [5.41, 5.74) is 26.2. The second kappa shape index (κ2) is 29.2. The van der Waals surface area contributed by atoms with Gasteiger partial charge in [0.15, 0.2) is 0 Å². The molecule has 0 fully saturated rings. The second-order valence-electron chi connectivity index (χ2n) is 22.9. The van der Waals surface area contributed by atoms with Crippen molar-refractivity contribution in [3.8, 4) is 33.4 Å². The Hall–Kier alpha value is -8.40. The molecule has 0 aliphatic rings. The van der Waals surface area contributed by atoms with Gasteiger partial charge in [0.1, 0.15) is 0 Å². The third kappa shape index (κ3) is 13.8. The van der Waals surface area contributed by atoms with E-state index in [1.165, 1.54) is 112 Å². The number of hydrogen-bond donors (Lipinski definition) is 0. The van der Waals surface area contributed by atoms with Crippen molar-refractivity contribution < 1.29 is 0 Å². The first-order chi connectivity index (χ1) is 41.4. The zero-order valence-electron chi connectivity index (χ0n) is 51.0. The van der Waals surface area contributed by atoms with E-state index in [2.05, 4.69) is 293 Å². The van der Waals surface area contributed by atoms with Crippen molar-refractivity contribution in [2.24, 2.45) is 0 Å². The van der Waals surface area contributed by atoms with Gasteiger partial charge in [-0.25, -0.2) is 0 Å². The Bertz CT molecular complexity index is 3410. The van der Waals surface area contributed by atoms with Gasteiger partial charge in [-0.1, -0.05) is 212 Å². The maximum atomic E-state index is 2.53. The highest BCUT2D eigenvalue weighted by Crippen LogP contribution is 2.45. The van der Waals surface area contributed by atoms with Gasteiger partial charge in [0, 0.05) is 51.2 Å². The number of benzene rings is 10. The van der Waals surface area contributed by atoms with Gasteiger partial charge in [-0.2, -0.15) is 0 Å². The minimum absolute atomic E-state index is 1.04. The van der Waals surface area contributed by atoms with Crippen LogP contribution < -0.4 is 14.7 Å². The summed E-state index contributed by atoms with van der Waals surface area (Å²) in [4.78, 5) is 7.53. The van der Waals surface area contributed by atoms with Crippen LogP contribution in [0.1, 0.15) is 132 Å². The lowest BCUT2D eigenvalue weighted by molar-refractivity contribution is 0.791. The molecule has 0 N–H and O–H groups in total. The first-order valence-corrected chi connectivity index (χ1v) is 31.7. The molecule has 426 valence electrons. The Kier molecular flexibility index (Phi) is 20.4. The minimum atomic E-state index is 1.04. The Labute approximate surface area is 504 Å². The lowest BCUT2D eigenvalue weighted by Gasteiger charge is -2.30. The molecule has 0 amide bonds. The third-order valence-electron chi connectivity index (χ3n) is 16.8. The van der Waals surface area contributed by atoms with E-state index in [0.29, 0.717) is 0 Å². The molecule has 10 aromatic carbocycles. The van der Waals surface area contributed by atoms with Crippen LogP contribution in [0.25, 0.3) is 33.4 Å². The number of hydrogen-bond acceptors (Lipinski definition) is 3. The summed E-state index contributed by atoms with van der Waals surface area (Å²) in [6.07, 6.45) is 16.8. The van der Waals surface area contributed by atoms with Crippen molar-refractivity contribution in [3.63, 3.8) is 0 Å². The first kappa shape index (κ1) is 58.8. The van der Waals surface area contributed by atoms with Gasteiger partial charge in [-0.05, 0) is 229 Å². The number of para-hydroxylation sites is 6. The highest BCUT2D eigenvalue weighted by atomic mass is 15.2. The van der Waals surface area contributed by atoms with Gasteiger partial charge in [0.05, 0.1) is 0 Å². The summed E-state index contributed by atoms with van der Waals surface area (Å²) in [7, 11) is 0. The lowest BCUT2D eigenvalue weighted by Crippen LogP contribution is -2.14. The topological polar surface area (TPSA) is 9.72 Å². The number of nitrogens with zero attached hydrogens (tertiary/aromatic N) is 3. The highest BCUT2D eigenvalue weighted by molar-refractivity contribution is 5.88. The van der Waals surface area contributed by atoms with Crippen LogP contribution in [0.15, 0.2) is 237 Å². The normalized spacial score (nSPS) is 11.2. The van der Waals surface area contributed by atoms with E-state index in [4.69, 9.17) is 0 Å². The standard InChI is InChI=1S/C81H87N3/c1-7-12-30-65-35-18-24-41-77(65)82(76-40-23-17-29-61(76)6)73-52-46-62(47-53-73)70-58-71(63-48-54-74(55-49-63)83(78-42-25-19-36-66(78)31-13-8-2)79-43-26-20-37-67(79)32-14-9-3)60-72(59-70)64-50-56-75(57-51-64)84(80-44-27-21-38-68(80)33-15-10-4)81-45-28-22-39-69(81)34-16-11-5/h17-29,35-60H,7-16,30-34H2,1-6H3. The van der Waals surface area contributed by atoms with Crippen LogP contribution in [-0.2, 0) is 32.1 Å². The summed E-state index contributed by atoms with van der Waals surface area (Å²) in [6.45, 7) is 13.7. The number of aryl methyl sites for hydroxylation is 6. The molecule has 0 aliphatic heterocycles. The van der Waals surface area contributed by atoms with Gasteiger partial charge < -0.3 is 14.7 Å². The molecular formula is C81H87N3. The molecule has 10 aromatic rings. The van der Waals surface area contributed by atoms with E-state index >= 15 is 0 Å². The summed E-state index contributed by atoms with van der Waals surface area (Å²) in [5, 5.41) is 0. The van der Waals surface area contributed by atoms with Crippen molar-refractivity contribution in [2.75, 3.05) is 14.7 Å². The summed E-state index contributed by atoms with van der Waals surface area (Å²) >= 11 is 0. The fourth-order valence-electron chi connectivity index (χ4n) is 12.1. The van der Waals surface area contributed by atoms with E-state index < -0.39 is 0 Å². The molecule has 0 bridgehead atoms. The van der Waals surface area contributed by atoms with Gasteiger partial charge in [0.25, 0.3) is 0 Å². The van der Waals surface area contributed by atoms with Crippen LogP contribution in [0.5, 0.6) is 0 Å². The Morgan fingerprint density at radius 3 is 0.679 bits per heavy atom. The van der Waals surface area contributed by atoms with Crippen LogP contribution in [0.3, 0.4) is 0 Å². The molecular weight excluding hydrogens is 1010 g/mol. The average Bonchev–Trinajstić information content (AvgIpc) is 2.53. The van der Waals surface area contributed by atoms with E-state index in [-0.39, 0.29) is 0 Å². The average molecular weight is 1100 g/mol. The van der Waals surface area contributed by atoms with Crippen molar-refractivity contribution in [1.29, 1.82) is 0 Å². The summed E-state index contributed by atoms with van der Waals surface area (Å²) in [5.74, 6) is 0. The molecule has 0 aromatic heterocycles. The fourth-order valence-corrected chi connectivity index (χ4v) is 12.1. The van der Waals surface area contributed by atoms with E-state index in [0.717, 1.165) is 102 Å². The predicted molar refractivity (Wildman–Crippen MR) is 365 cm³/mol. The van der Waals surface area contributed by atoms with Crippen molar-refractivity contribution in [1.82, 2.24) is 0 Å². The zero-order valence-corrected chi connectivity index (χ0v) is 51.0. The fraction of sp³-hybridized carbons (Fsp3) is 0.259. The molecule has 84 heavy (non-hydrogen) atoms. The quantitative estimate of drug-likeness (QED) is 0.0508. The molecule has 0 atom stereocenters. The van der Waals surface area contributed by atoms with Crippen LogP contribution in [0, 0.1) is 6.92 Å². The summed E-state index contributed by atoms with van der Waals surface area (Å²) in [6, 6.07) is 89.3. The van der Waals surface area contributed by atoms with Crippen molar-refractivity contribution in [3.05, 3.63) is 270 Å². The maximum Gasteiger partial charge on any atom is 0.0493 e.